The van der Waals surface area contributed by atoms with E-state index in [9.17, 15) is 14.4 Å². The number of carboxylic acids is 1. The molecule has 0 aromatic rings. The minimum Gasteiger partial charge on any atom is -0.481 e. The molecule has 0 aromatic heterocycles. The van der Waals surface area contributed by atoms with Gasteiger partial charge in [0.25, 0.3) is 0 Å². The summed E-state index contributed by atoms with van der Waals surface area (Å²) in [5.41, 5.74) is 0. The van der Waals surface area contributed by atoms with E-state index < -0.39 is 24.1 Å². The molecule has 1 fully saturated rings. The number of nitrogens with zero attached hydrogens (tertiary/aromatic N) is 2. The van der Waals surface area contributed by atoms with Gasteiger partial charge in [-0.25, -0.2) is 9.59 Å². The fourth-order valence-electron chi connectivity index (χ4n) is 2.24. The van der Waals surface area contributed by atoms with Gasteiger partial charge in [-0.2, -0.15) is 0 Å². The van der Waals surface area contributed by atoms with Crippen molar-refractivity contribution in [3.63, 3.8) is 0 Å². The zero-order chi connectivity index (χ0) is 19.7. The third kappa shape index (κ3) is 8.17. The largest absolute Gasteiger partial charge is 0.481 e. The van der Waals surface area contributed by atoms with Gasteiger partial charge in [0.15, 0.2) is 0 Å². The van der Waals surface area contributed by atoms with Crippen LogP contribution in [0.5, 0.6) is 0 Å². The van der Waals surface area contributed by atoms with Gasteiger partial charge >= 0.3 is 18.2 Å². The van der Waals surface area contributed by atoms with Gasteiger partial charge in [0.1, 0.15) is 0 Å². The van der Waals surface area contributed by atoms with Crippen LogP contribution in [0.15, 0.2) is 4.99 Å². The predicted octanol–water partition coefficient (Wildman–Crippen LogP) is 2.31. The summed E-state index contributed by atoms with van der Waals surface area (Å²) in [5, 5.41) is 11.6. The van der Waals surface area contributed by atoms with Gasteiger partial charge in [-0.05, 0) is 24.7 Å². The molecule has 148 valence electrons. The lowest BCUT2D eigenvalue weighted by Gasteiger charge is -2.32. The highest BCUT2D eigenvalue weighted by molar-refractivity contribution is 5.98. The van der Waals surface area contributed by atoms with Crippen molar-refractivity contribution in [1.82, 2.24) is 10.2 Å². The Labute approximate surface area is 153 Å². The Hall–Kier alpha value is -2.32. The van der Waals surface area contributed by atoms with E-state index in [0.29, 0.717) is 25.9 Å². The Bertz CT molecular complexity index is 525. The molecule has 2 amide bonds. The minimum atomic E-state index is -0.844. The van der Waals surface area contributed by atoms with Crippen LogP contribution in [0.1, 0.15) is 40.5 Å². The molecular weight excluding hydrogens is 342 g/mol. The van der Waals surface area contributed by atoms with E-state index in [1.807, 2.05) is 27.7 Å². The summed E-state index contributed by atoms with van der Waals surface area (Å²) in [6, 6.07) is 0. The maximum atomic E-state index is 11.9. The molecule has 1 aliphatic heterocycles. The van der Waals surface area contributed by atoms with Crippen molar-refractivity contribution in [1.29, 1.82) is 0 Å². The van der Waals surface area contributed by atoms with Crippen molar-refractivity contribution in [2.45, 2.75) is 40.5 Å². The number of amides is 2. The fraction of sp³-hybridized carbons (Fsp3) is 0.765. The molecule has 1 aliphatic rings. The van der Waals surface area contributed by atoms with E-state index >= 15 is 0 Å². The maximum absolute atomic E-state index is 11.9. The van der Waals surface area contributed by atoms with Crippen LogP contribution in [0.3, 0.4) is 0 Å². The molecule has 1 heterocycles. The number of hydrogen-bond donors (Lipinski definition) is 2. The SMILES string of the molecule is CC(C)COC(=O)N=C(NC(=O)OCC(C)C)N1CCC(C(=O)O)CC1. The van der Waals surface area contributed by atoms with Crippen LogP contribution in [-0.2, 0) is 14.3 Å². The van der Waals surface area contributed by atoms with Crippen LogP contribution >= 0.6 is 0 Å². The van der Waals surface area contributed by atoms with E-state index in [1.165, 1.54) is 0 Å². The molecule has 0 aromatic carbocycles. The fourth-order valence-corrected chi connectivity index (χ4v) is 2.24. The summed E-state index contributed by atoms with van der Waals surface area (Å²) in [4.78, 5) is 40.4. The van der Waals surface area contributed by atoms with Gasteiger partial charge in [0.2, 0.25) is 5.96 Å². The van der Waals surface area contributed by atoms with Gasteiger partial charge in [0.05, 0.1) is 19.1 Å². The van der Waals surface area contributed by atoms with Crippen molar-refractivity contribution in [3.8, 4) is 0 Å². The number of aliphatic imine (C=N–C) groups is 1. The molecule has 0 unspecified atom stereocenters. The summed E-state index contributed by atoms with van der Waals surface area (Å²) >= 11 is 0. The quantitative estimate of drug-likeness (QED) is 0.562. The number of rotatable bonds is 5. The lowest BCUT2D eigenvalue weighted by Crippen LogP contribution is -2.49. The second-order valence-electron chi connectivity index (χ2n) is 7.12. The molecule has 0 atom stereocenters. The lowest BCUT2D eigenvalue weighted by atomic mass is 9.97. The third-order valence-electron chi connectivity index (χ3n) is 3.64. The number of guanidine groups is 1. The summed E-state index contributed by atoms with van der Waals surface area (Å²) in [7, 11) is 0. The first-order valence-electron chi connectivity index (χ1n) is 8.86. The number of carbonyl (C=O) groups is 3. The molecule has 26 heavy (non-hydrogen) atoms. The van der Waals surface area contributed by atoms with E-state index in [2.05, 4.69) is 10.3 Å². The molecule has 1 saturated heterocycles. The second kappa shape index (κ2) is 10.6. The van der Waals surface area contributed by atoms with Crippen LogP contribution in [0.25, 0.3) is 0 Å². The van der Waals surface area contributed by atoms with E-state index in [1.54, 1.807) is 4.90 Å². The van der Waals surface area contributed by atoms with Crippen molar-refractivity contribution < 1.29 is 29.0 Å². The number of likely N-dealkylation sites (tertiary alicyclic amines) is 1. The molecule has 0 aliphatic carbocycles. The topological polar surface area (TPSA) is 118 Å². The molecule has 9 heteroatoms. The molecule has 1 rings (SSSR count). The summed E-state index contributed by atoms with van der Waals surface area (Å²) in [6.45, 7) is 8.78. The Morgan fingerprint density at radius 1 is 1.08 bits per heavy atom. The Kier molecular flexibility index (Phi) is 8.87. The lowest BCUT2D eigenvalue weighted by molar-refractivity contribution is -0.143. The number of carboxylic acid groups (broad SMARTS) is 1. The highest BCUT2D eigenvalue weighted by Gasteiger charge is 2.27. The van der Waals surface area contributed by atoms with Gasteiger partial charge in [-0.15, -0.1) is 4.99 Å². The molecule has 0 saturated carbocycles. The first kappa shape index (κ1) is 21.7. The molecule has 0 bridgehead atoms. The van der Waals surface area contributed by atoms with Crippen LogP contribution in [0.4, 0.5) is 9.59 Å². The average Bonchev–Trinajstić information content (AvgIpc) is 2.57. The van der Waals surface area contributed by atoms with E-state index in [4.69, 9.17) is 14.6 Å². The van der Waals surface area contributed by atoms with Crippen LogP contribution in [0.2, 0.25) is 0 Å². The second-order valence-corrected chi connectivity index (χ2v) is 7.12. The smallest absolute Gasteiger partial charge is 0.436 e. The molecular formula is C17H29N3O6. The summed E-state index contributed by atoms with van der Waals surface area (Å²) in [5.74, 6) is -0.926. The Morgan fingerprint density at radius 3 is 2.12 bits per heavy atom. The van der Waals surface area contributed by atoms with E-state index in [-0.39, 0.29) is 31.0 Å². The van der Waals surface area contributed by atoms with Gasteiger partial charge in [-0.1, -0.05) is 27.7 Å². The first-order chi connectivity index (χ1) is 12.2. The van der Waals surface area contributed by atoms with Gasteiger partial charge in [-0.3, -0.25) is 10.1 Å². The Morgan fingerprint density at radius 2 is 1.62 bits per heavy atom. The first-order valence-corrected chi connectivity index (χ1v) is 8.86. The molecule has 2 N–H and O–H groups in total. The van der Waals surface area contributed by atoms with Crippen molar-refractivity contribution in [2.24, 2.45) is 22.7 Å². The number of aliphatic carboxylic acids is 1. The monoisotopic (exact) mass is 371 g/mol. The van der Waals surface area contributed by atoms with Crippen molar-refractivity contribution in [2.75, 3.05) is 26.3 Å². The number of hydrogen-bond acceptors (Lipinski definition) is 5. The number of nitrogens with one attached hydrogen (secondary N) is 1. The minimum absolute atomic E-state index is 0.0244. The van der Waals surface area contributed by atoms with E-state index in [0.717, 1.165) is 0 Å². The normalized spacial score (nSPS) is 15.9. The number of alkyl carbamates (subject to hydrolysis) is 1. The zero-order valence-corrected chi connectivity index (χ0v) is 15.9. The molecule has 9 nitrogen and oxygen atoms in total. The van der Waals surface area contributed by atoms with Gasteiger partial charge in [0, 0.05) is 13.1 Å². The predicted molar refractivity (Wildman–Crippen MR) is 94.9 cm³/mol. The van der Waals surface area contributed by atoms with Crippen LogP contribution < -0.4 is 5.32 Å². The number of piperidine rings is 1. The summed E-state index contributed by atoms with van der Waals surface area (Å²) < 4.78 is 10.1. The standard InChI is InChI=1S/C17H29N3O6/c1-11(2)9-25-16(23)18-15(19-17(24)26-10-12(3)4)20-7-5-13(6-8-20)14(21)22/h11-13H,5-10H2,1-4H3,(H,21,22)(H,18,19,23,24). The maximum Gasteiger partial charge on any atom is 0.436 e. The molecule has 0 radical (unpaired) electrons. The van der Waals surface area contributed by atoms with Gasteiger partial charge < -0.3 is 19.5 Å². The average molecular weight is 371 g/mol. The van der Waals surface area contributed by atoms with Crippen LogP contribution in [-0.4, -0.2) is 60.4 Å². The van der Waals surface area contributed by atoms with Crippen molar-refractivity contribution >= 4 is 24.1 Å². The number of carbonyl (C=O) groups excluding carboxylic acids is 2. The highest BCUT2D eigenvalue weighted by atomic mass is 16.6. The third-order valence-corrected chi connectivity index (χ3v) is 3.64. The van der Waals surface area contributed by atoms with Crippen LogP contribution in [0, 0.1) is 17.8 Å². The highest BCUT2D eigenvalue weighted by Crippen LogP contribution is 2.17. The molecule has 0 spiro atoms. The number of ether oxygens (including phenoxy) is 2. The summed E-state index contributed by atoms with van der Waals surface area (Å²) in [6.07, 6.45) is -0.719. The zero-order valence-electron chi connectivity index (χ0n) is 15.9. The van der Waals surface area contributed by atoms with Crippen molar-refractivity contribution in [3.05, 3.63) is 0 Å². The Balaban J connectivity index is 2.76.